The molecule has 2 aromatic carbocycles. The van der Waals surface area contributed by atoms with Gasteiger partial charge in [-0.05, 0) is 55.5 Å². The first-order chi connectivity index (χ1) is 14.5. The van der Waals surface area contributed by atoms with Gasteiger partial charge in [0.25, 0.3) is 11.8 Å². The molecule has 0 fully saturated rings. The summed E-state index contributed by atoms with van der Waals surface area (Å²) in [4.78, 5) is 28.8. The average Bonchev–Trinajstić information content (AvgIpc) is 2.76. The summed E-state index contributed by atoms with van der Waals surface area (Å²) in [6.07, 6.45) is 0. The summed E-state index contributed by atoms with van der Waals surface area (Å²) in [5.74, 6) is -0.560. The Kier molecular flexibility index (Phi) is 6.78. The van der Waals surface area contributed by atoms with Crippen molar-refractivity contribution < 1.29 is 14.3 Å². The summed E-state index contributed by atoms with van der Waals surface area (Å²) in [6.45, 7) is 1.44. The summed E-state index contributed by atoms with van der Waals surface area (Å²) >= 11 is 3.43. The van der Waals surface area contributed by atoms with E-state index in [1.165, 1.54) is 0 Å². The molecule has 0 aliphatic carbocycles. The van der Waals surface area contributed by atoms with Crippen molar-refractivity contribution in [3.8, 4) is 23.1 Å². The average molecular weight is 465 g/mol. The van der Waals surface area contributed by atoms with Crippen LogP contribution in [0.5, 0.6) is 5.75 Å². The smallest absolute Gasteiger partial charge is 0.276 e. The molecule has 0 spiro atoms. The molecule has 8 heteroatoms. The van der Waals surface area contributed by atoms with Gasteiger partial charge in [0.2, 0.25) is 0 Å². The Morgan fingerprint density at radius 3 is 2.53 bits per heavy atom. The summed E-state index contributed by atoms with van der Waals surface area (Å²) in [6, 6.07) is 19.5. The number of ether oxygens (including phenoxy) is 1. The fourth-order valence-electron chi connectivity index (χ4n) is 2.61. The quantitative estimate of drug-likeness (QED) is 0.562. The van der Waals surface area contributed by atoms with Crippen molar-refractivity contribution in [1.82, 2.24) is 15.8 Å². The van der Waals surface area contributed by atoms with Crippen molar-refractivity contribution in [2.75, 3.05) is 6.61 Å². The second kappa shape index (κ2) is 9.67. The lowest BCUT2D eigenvalue weighted by Crippen LogP contribution is -2.44. The minimum Gasteiger partial charge on any atom is -0.484 e. The van der Waals surface area contributed by atoms with Gasteiger partial charge in [-0.1, -0.05) is 28.1 Å². The van der Waals surface area contributed by atoms with Crippen LogP contribution in [-0.4, -0.2) is 23.4 Å². The van der Waals surface area contributed by atoms with Crippen LogP contribution in [0, 0.1) is 18.3 Å². The summed E-state index contributed by atoms with van der Waals surface area (Å²) in [5.41, 5.74) is 7.70. The van der Waals surface area contributed by atoms with Gasteiger partial charge in [0.1, 0.15) is 5.75 Å². The summed E-state index contributed by atoms with van der Waals surface area (Å²) in [5, 5.41) is 8.76. The maximum Gasteiger partial charge on any atom is 0.276 e. The third-order valence-electron chi connectivity index (χ3n) is 4.12. The molecule has 0 saturated heterocycles. The molecule has 3 rings (SSSR count). The number of hydrogen-bond acceptors (Lipinski definition) is 5. The molecule has 2 amide bonds. The first-order valence-electron chi connectivity index (χ1n) is 8.92. The van der Waals surface area contributed by atoms with Crippen LogP contribution in [0.1, 0.15) is 21.6 Å². The van der Waals surface area contributed by atoms with E-state index in [9.17, 15) is 9.59 Å². The van der Waals surface area contributed by atoms with E-state index in [-0.39, 0.29) is 6.61 Å². The van der Waals surface area contributed by atoms with E-state index >= 15 is 0 Å². The molecular formula is C22H17BrN4O3. The number of nitrogens with zero attached hydrogens (tertiary/aromatic N) is 2. The van der Waals surface area contributed by atoms with Gasteiger partial charge in [-0.15, -0.1) is 0 Å². The lowest BCUT2D eigenvalue weighted by molar-refractivity contribution is -0.123. The van der Waals surface area contributed by atoms with Crippen molar-refractivity contribution in [1.29, 1.82) is 5.26 Å². The van der Waals surface area contributed by atoms with Gasteiger partial charge >= 0.3 is 0 Å². The Morgan fingerprint density at radius 1 is 1.10 bits per heavy atom. The molecule has 150 valence electrons. The number of amides is 2. The molecule has 0 radical (unpaired) electrons. The van der Waals surface area contributed by atoms with Gasteiger partial charge in [-0.2, -0.15) is 5.26 Å². The Balaban J connectivity index is 1.55. The second-order valence-electron chi connectivity index (χ2n) is 6.27. The van der Waals surface area contributed by atoms with Gasteiger partial charge in [0.05, 0.1) is 28.6 Å². The van der Waals surface area contributed by atoms with Crippen LogP contribution in [0.3, 0.4) is 0 Å². The lowest BCUT2D eigenvalue weighted by atomic mass is 10.1. The molecule has 0 bridgehead atoms. The number of aryl methyl sites for hydroxylation is 1. The predicted octanol–water partition coefficient (Wildman–Crippen LogP) is 3.53. The predicted molar refractivity (Wildman–Crippen MR) is 114 cm³/mol. The number of carbonyl (C=O) groups is 2. The molecule has 3 aromatic rings. The number of carbonyl (C=O) groups excluding carboxylic acids is 2. The van der Waals surface area contributed by atoms with Crippen molar-refractivity contribution in [2.24, 2.45) is 0 Å². The normalized spacial score (nSPS) is 10.0. The highest BCUT2D eigenvalue weighted by molar-refractivity contribution is 9.10. The van der Waals surface area contributed by atoms with Crippen molar-refractivity contribution >= 4 is 27.7 Å². The summed E-state index contributed by atoms with van der Waals surface area (Å²) in [7, 11) is 0. The Labute approximate surface area is 181 Å². The van der Waals surface area contributed by atoms with Gasteiger partial charge in [-0.25, -0.2) is 0 Å². The molecule has 0 atom stereocenters. The van der Waals surface area contributed by atoms with E-state index in [1.54, 1.807) is 43.3 Å². The first-order valence-corrected chi connectivity index (χ1v) is 9.71. The highest BCUT2D eigenvalue weighted by atomic mass is 79.9. The fourth-order valence-corrected chi connectivity index (χ4v) is 3.01. The van der Waals surface area contributed by atoms with E-state index in [0.29, 0.717) is 22.6 Å². The van der Waals surface area contributed by atoms with E-state index in [4.69, 9.17) is 10.00 Å². The Hall–Kier alpha value is -3.70. The number of nitriles is 1. The number of nitrogens with one attached hydrogen (secondary N) is 2. The topological polar surface area (TPSA) is 104 Å². The zero-order chi connectivity index (χ0) is 21.5. The summed E-state index contributed by atoms with van der Waals surface area (Å²) < 4.78 is 6.25. The number of halogens is 1. The molecule has 0 aliphatic heterocycles. The molecule has 1 heterocycles. The number of benzene rings is 2. The fraction of sp³-hybridized carbons (Fsp3) is 0.0909. The molecule has 0 saturated carbocycles. The molecular weight excluding hydrogens is 448 g/mol. The standard InChI is InChI=1S/C22H17BrN4O3/c1-14-19(9-10-20(25-14)16-3-2-4-17(23)11-16)22(29)27-26-21(28)13-30-18-7-5-15(12-24)6-8-18/h2-11H,13H2,1H3,(H,26,28)(H,27,29). The largest absolute Gasteiger partial charge is 0.484 e. The number of aromatic nitrogens is 1. The SMILES string of the molecule is Cc1nc(-c2cccc(Br)c2)ccc1C(=O)NNC(=O)COc1ccc(C#N)cc1. The third kappa shape index (κ3) is 5.43. The first kappa shape index (κ1) is 21.0. The lowest BCUT2D eigenvalue weighted by Gasteiger charge is -2.11. The van der Waals surface area contributed by atoms with E-state index < -0.39 is 11.8 Å². The number of pyridine rings is 1. The van der Waals surface area contributed by atoms with E-state index in [1.807, 2.05) is 30.3 Å². The van der Waals surface area contributed by atoms with Crippen LogP contribution in [-0.2, 0) is 4.79 Å². The van der Waals surface area contributed by atoms with E-state index in [2.05, 4.69) is 31.8 Å². The minimum atomic E-state index is -0.524. The Bertz CT molecular complexity index is 1120. The molecule has 0 aliphatic rings. The van der Waals surface area contributed by atoms with Gasteiger partial charge in [-0.3, -0.25) is 25.4 Å². The molecule has 2 N–H and O–H groups in total. The van der Waals surface area contributed by atoms with Crippen molar-refractivity contribution in [3.05, 3.63) is 82.0 Å². The monoisotopic (exact) mass is 464 g/mol. The zero-order valence-electron chi connectivity index (χ0n) is 16.0. The number of hydrogen-bond donors (Lipinski definition) is 2. The van der Waals surface area contributed by atoms with E-state index in [0.717, 1.165) is 15.7 Å². The third-order valence-corrected chi connectivity index (χ3v) is 4.61. The highest BCUT2D eigenvalue weighted by Crippen LogP contribution is 2.22. The number of hydrazine groups is 1. The van der Waals surface area contributed by atoms with Gasteiger partial charge in [0, 0.05) is 10.0 Å². The van der Waals surface area contributed by atoms with Crippen LogP contribution in [0.15, 0.2) is 65.1 Å². The van der Waals surface area contributed by atoms with Crippen molar-refractivity contribution in [3.63, 3.8) is 0 Å². The zero-order valence-corrected chi connectivity index (χ0v) is 17.6. The van der Waals surface area contributed by atoms with Crippen molar-refractivity contribution in [2.45, 2.75) is 6.92 Å². The molecule has 1 aromatic heterocycles. The maximum atomic E-state index is 12.4. The Morgan fingerprint density at radius 2 is 1.87 bits per heavy atom. The van der Waals surface area contributed by atoms with Gasteiger partial charge < -0.3 is 4.74 Å². The minimum absolute atomic E-state index is 0.286. The van der Waals surface area contributed by atoms with Crippen LogP contribution in [0.4, 0.5) is 0 Å². The van der Waals surface area contributed by atoms with Crippen LogP contribution >= 0.6 is 15.9 Å². The maximum absolute atomic E-state index is 12.4. The van der Waals surface area contributed by atoms with Crippen LogP contribution < -0.4 is 15.6 Å². The number of rotatable bonds is 5. The second-order valence-corrected chi connectivity index (χ2v) is 7.18. The van der Waals surface area contributed by atoms with Crippen LogP contribution in [0.25, 0.3) is 11.3 Å². The molecule has 7 nitrogen and oxygen atoms in total. The van der Waals surface area contributed by atoms with Crippen LogP contribution in [0.2, 0.25) is 0 Å². The molecule has 30 heavy (non-hydrogen) atoms. The highest BCUT2D eigenvalue weighted by Gasteiger charge is 2.13. The van der Waals surface area contributed by atoms with Gasteiger partial charge in [0.15, 0.2) is 6.61 Å². The molecule has 0 unspecified atom stereocenters.